The van der Waals surface area contributed by atoms with Gasteiger partial charge in [0, 0.05) is 18.5 Å². The molecule has 7 heteroatoms. The summed E-state index contributed by atoms with van der Waals surface area (Å²) in [4.78, 5) is 24.5. The SMILES string of the molecule is COc1ccc(C(=O)NCCCCCC(=O)NN=C(C)c2ccc3c(c2)CCCC3)cc1OC. The Morgan fingerprint density at radius 1 is 0.882 bits per heavy atom. The number of amides is 2. The Hall–Kier alpha value is -3.35. The number of aryl methyl sites for hydroxylation is 2. The zero-order valence-electron chi connectivity index (χ0n) is 20.4. The van der Waals surface area contributed by atoms with Gasteiger partial charge in [0.15, 0.2) is 11.5 Å². The van der Waals surface area contributed by atoms with Gasteiger partial charge in [0.1, 0.15) is 0 Å². The second kappa shape index (κ2) is 12.8. The highest BCUT2D eigenvalue weighted by molar-refractivity contribution is 5.99. The minimum Gasteiger partial charge on any atom is -0.493 e. The van der Waals surface area contributed by atoms with E-state index in [0.717, 1.165) is 43.4 Å². The van der Waals surface area contributed by atoms with E-state index in [1.807, 2.05) is 6.92 Å². The van der Waals surface area contributed by atoms with Crippen molar-refractivity contribution in [1.29, 1.82) is 0 Å². The number of methoxy groups -OCH3 is 2. The second-order valence-corrected chi connectivity index (χ2v) is 8.56. The summed E-state index contributed by atoms with van der Waals surface area (Å²) in [6.07, 6.45) is 7.57. The zero-order chi connectivity index (χ0) is 24.3. The minimum atomic E-state index is -0.161. The second-order valence-electron chi connectivity index (χ2n) is 8.56. The highest BCUT2D eigenvalue weighted by atomic mass is 16.5. The van der Waals surface area contributed by atoms with Gasteiger partial charge in [-0.1, -0.05) is 18.6 Å². The van der Waals surface area contributed by atoms with Crippen LogP contribution in [0, 0.1) is 0 Å². The van der Waals surface area contributed by atoms with Gasteiger partial charge in [-0.3, -0.25) is 9.59 Å². The predicted octanol–water partition coefficient (Wildman–Crippen LogP) is 4.41. The van der Waals surface area contributed by atoms with Crippen LogP contribution in [0.15, 0.2) is 41.5 Å². The van der Waals surface area contributed by atoms with Gasteiger partial charge in [0.2, 0.25) is 5.91 Å². The number of unbranched alkanes of at least 4 members (excludes halogenated alkanes) is 2. The monoisotopic (exact) mass is 465 g/mol. The summed E-state index contributed by atoms with van der Waals surface area (Å²) in [6.45, 7) is 2.47. The van der Waals surface area contributed by atoms with Crippen molar-refractivity contribution in [2.75, 3.05) is 20.8 Å². The number of carbonyl (C=O) groups excluding carboxylic acids is 2. The standard InChI is InChI=1S/C27H35N3O4/c1-19(21-13-12-20-9-6-7-10-22(20)17-21)29-30-26(31)11-5-4-8-16-28-27(32)23-14-15-24(33-2)25(18-23)34-3/h12-15,17-18H,4-11,16H2,1-3H3,(H,28,32)(H,30,31). The molecule has 0 aromatic heterocycles. The van der Waals surface area contributed by atoms with Crippen molar-refractivity contribution in [2.45, 2.75) is 58.3 Å². The third-order valence-corrected chi connectivity index (χ3v) is 6.13. The topological polar surface area (TPSA) is 89.0 Å². The largest absolute Gasteiger partial charge is 0.493 e. The fourth-order valence-corrected chi connectivity index (χ4v) is 4.09. The van der Waals surface area contributed by atoms with Crippen LogP contribution in [0.25, 0.3) is 0 Å². The molecule has 0 atom stereocenters. The molecule has 2 aromatic carbocycles. The van der Waals surface area contributed by atoms with Crippen molar-refractivity contribution in [3.05, 3.63) is 58.7 Å². The minimum absolute atomic E-state index is 0.0910. The van der Waals surface area contributed by atoms with E-state index in [0.29, 0.717) is 30.0 Å². The lowest BCUT2D eigenvalue weighted by molar-refractivity contribution is -0.121. The molecule has 0 saturated carbocycles. The van der Waals surface area contributed by atoms with E-state index in [1.54, 1.807) is 25.3 Å². The molecule has 0 fully saturated rings. The van der Waals surface area contributed by atoms with Crippen LogP contribution in [-0.2, 0) is 17.6 Å². The molecule has 34 heavy (non-hydrogen) atoms. The molecule has 7 nitrogen and oxygen atoms in total. The number of hydrazone groups is 1. The van der Waals surface area contributed by atoms with E-state index < -0.39 is 0 Å². The number of benzene rings is 2. The number of carbonyl (C=O) groups is 2. The van der Waals surface area contributed by atoms with E-state index in [9.17, 15) is 9.59 Å². The molecule has 1 aliphatic carbocycles. The first-order valence-electron chi connectivity index (χ1n) is 12.0. The summed E-state index contributed by atoms with van der Waals surface area (Å²) < 4.78 is 10.4. The maximum absolute atomic E-state index is 12.3. The molecule has 1 aliphatic rings. The fraction of sp³-hybridized carbons (Fsp3) is 0.444. The lowest BCUT2D eigenvalue weighted by atomic mass is 9.90. The number of nitrogens with one attached hydrogen (secondary N) is 2. The van der Waals surface area contributed by atoms with E-state index >= 15 is 0 Å². The van der Waals surface area contributed by atoms with Gasteiger partial charge in [-0.05, 0) is 86.4 Å². The number of hydrogen-bond acceptors (Lipinski definition) is 5. The van der Waals surface area contributed by atoms with E-state index in [2.05, 4.69) is 34.0 Å². The molecule has 0 bridgehead atoms. The number of ether oxygens (including phenoxy) is 2. The maximum atomic E-state index is 12.3. The lowest BCUT2D eigenvalue weighted by Gasteiger charge is -2.16. The quantitative estimate of drug-likeness (QED) is 0.292. The summed E-state index contributed by atoms with van der Waals surface area (Å²) in [5.41, 5.74) is 7.91. The van der Waals surface area contributed by atoms with Crippen LogP contribution in [0.1, 0.15) is 72.5 Å². The van der Waals surface area contributed by atoms with Crippen LogP contribution in [0.2, 0.25) is 0 Å². The van der Waals surface area contributed by atoms with E-state index in [-0.39, 0.29) is 11.8 Å². The van der Waals surface area contributed by atoms with Gasteiger partial charge in [0.05, 0.1) is 19.9 Å². The van der Waals surface area contributed by atoms with Crippen molar-refractivity contribution in [2.24, 2.45) is 5.10 Å². The van der Waals surface area contributed by atoms with Crippen molar-refractivity contribution < 1.29 is 19.1 Å². The Morgan fingerprint density at radius 2 is 1.62 bits per heavy atom. The molecule has 0 radical (unpaired) electrons. The van der Waals surface area contributed by atoms with Gasteiger partial charge in [-0.2, -0.15) is 5.10 Å². The molecule has 0 spiro atoms. The zero-order valence-corrected chi connectivity index (χ0v) is 20.4. The van der Waals surface area contributed by atoms with Crippen molar-refractivity contribution in [3.63, 3.8) is 0 Å². The molecule has 0 unspecified atom stereocenters. The van der Waals surface area contributed by atoms with Gasteiger partial charge >= 0.3 is 0 Å². The summed E-state index contributed by atoms with van der Waals surface area (Å²) in [5, 5.41) is 7.18. The van der Waals surface area contributed by atoms with Crippen LogP contribution in [0.3, 0.4) is 0 Å². The first-order chi connectivity index (χ1) is 16.5. The molecule has 0 aliphatic heterocycles. The fourth-order valence-electron chi connectivity index (χ4n) is 4.09. The van der Waals surface area contributed by atoms with E-state index in [4.69, 9.17) is 9.47 Å². The molecule has 0 heterocycles. The molecule has 182 valence electrons. The third-order valence-electron chi connectivity index (χ3n) is 6.13. The summed E-state index contributed by atoms with van der Waals surface area (Å²) in [5.74, 6) is 0.850. The molecular weight excluding hydrogens is 430 g/mol. The Balaban J connectivity index is 1.33. The Kier molecular flexibility index (Phi) is 9.50. The van der Waals surface area contributed by atoms with E-state index in [1.165, 1.54) is 31.1 Å². The first-order valence-corrected chi connectivity index (χ1v) is 12.0. The van der Waals surface area contributed by atoms with Crippen LogP contribution in [0.4, 0.5) is 0 Å². The lowest BCUT2D eigenvalue weighted by Crippen LogP contribution is -2.24. The average Bonchev–Trinajstić information content (AvgIpc) is 2.88. The van der Waals surface area contributed by atoms with Crippen LogP contribution in [0.5, 0.6) is 11.5 Å². The number of nitrogens with zero attached hydrogens (tertiary/aromatic N) is 1. The normalized spacial score (nSPS) is 13.1. The maximum Gasteiger partial charge on any atom is 0.251 e. The average molecular weight is 466 g/mol. The van der Waals surface area contributed by atoms with Crippen molar-refractivity contribution in [1.82, 2.24) is 10.7 Å². The van der Waals surface area contributed by atoms with Crippen LogP contribution in [-0.4, -0.2) is 38.3 Å². The van der Waals surface area contributed by atoms with Crippen molar-refractivity contribution in [3.8, 4) is 11.5 Å². The number of rotatable bonds is 11. The molecular formula is C27H35N3O4. The Bertz CT molecular complexity index is 1030. The highest BCUT2D eigenvalue weighted by Gasteiger charge is 2.12. The molecule has 2 N–H and O–H groups in total. The molecule has 3 rings (SSSR count). The first kappa shape index (κ1) is 25.3. The van der Waals surface area contributed by atoms with Crippen LogP contribution >= 0.6 is 0 Å². The smallest absolute Gasteiger partial charge is 0.251 e. The third kappa shape index (κ3) is 7.07. The van der Waals surface area contributed by atoms with Crippen LogP contribution < -0.4 is 20.2 Å². The van der Waals surface area contributed by atoms with Gasteiger partial charge in [-0.25, -0.2) is 5.43 Å². The summed E-state index contributed by atoms with van der Waals surface area (Å²) in [6, 6.07) is 11.6. The Morgan fingerprint density at radius 3 is 2.38 bits per heavy atom. The van der Waals surface area contributed by atoms with Gasteiger partial charge in [-0.15, -0.1) is 0 Å². The highest BCUT2D eigenvalue weighted by Crippen LogP contribution is 2.27. The predicted molar refractivity (Wildman–Crippen MR) is 134 cm³/mol. The molecule has 2 amide bonds. The van der Waals surface area contributed by atoms with Gasteiger partial charge in [0.25, 0.3) is 5.91 Å². The van der Waals surface area contributed by atoms with Gasteiger partial charge < -0.3 is 14.8 Å². The number of hydrogen-bond donors (Lipinski definition) is 2. The molecule has 0 saturated heterocycles. The summed E-state index contributed by atoms with van der Waals surface area (Å²) in [7, 11) is 3.09. The summed E-state index contributed by atoms with van der Waals surface area (Å²) >= 11 is 0. The number of fused-ring (bicyclic) bond motifs is 1. The van der Waals surface area contributed by atoms with Crippen molar-refractivity contribution >= 4 is 17.5 Å². The molecule has 2 aromatic rings. The Labute approximate surface area is 201 Å².